The molecule has 0 bridgehead atoms. The van der Waals surface area contributed by atoms with E-state index < -0.39 is 16.6 Å². The molecule has 166 valence electrons. The molecule has 0 fully saturated rings. The van der Waals surface area contributed by atoms with Crippen molar-refractivity contribution in [3.63, 3.8) is 0 Å². The largest absolute Gasteiger partial charge is 0.462 e. The third-order valence-corrected chi connectivity index (χ3v) is 4.68. The van der Waals surface area contributed by atoms with Gasteiger partial charge in [0.15, 0.2) is 5.75 Å². The summed E-state index contributed by atoms with van der Waals surface area (Å²) < 4.78 is 10.9. The van der Waals surface area contributed by atoms with Crippen LogP contribution in [0.2, 0.25) is 0 Å². The first kappa shape index (κ1) is 21.6. The number of benzene rings is 2. The second kappa shape index (κ2) is 9.27. The standard InChI is InChI=1S/C23H19N5O5/c1-3-32-23(29)16-8-4-5-9-17(16)27-21-20(28(30)31)22(25-13-24-21)33-18-10-6-7-15-12-11-14(2)26-19(15)18/h4-13H,3H2,1-2H3,(H,24,25,27). The fraction of sp³-hybridized carbons (Fsp3) is 0.130. The average Bonchev–Trinajstić information content (AvgIpc) is 2.80. The highest BCUT2D eigenvalue weighted by atomic mass is 16.6. The molecule has 10 nitrogen and oxygen atoms in total. The molecule has 1 N–H and O–H groups in total. The first-order valence-corrected chi connectivity index (χ1v) is 10.0. The van der Waals surface area contributed by atoms with Crippen LogP contribution in [0.5, 0.6) is 11.6 Å². The zero-order valence-electron chi connectivity index (χ0n) is 17.8. The molecule has 0 spiro atoms. The zero-order valence-corrected chi connectivity index (χ0v) is 17.8. The van der Waals surface area contributed by atoms with Crippen LogP contribution in [0.1, 0.15) is 23.0 Å². The maximum Gasteiger partial charge on any atom is 0.373 e. The number of esters is 1. The topological polar surface area (TPSA) is 129 Å². The number of anilines is 2. The van der Waals surface area contributed by atoms with Gasteiger partial charge in [-0.15, -0.1) is 0 Å². The van der Waals surface area contributed by atoms with Gasteiger partial charge in [-0.3, -0.25) is 10.1 Å². The maximum absolute atomic E-state index is 12.3. The lowest BCUT2D eigenvalue weighted by Crippen LogP contribution is -2.09. The van der Waals surface area contributed by atoms with E-state index in [1.807, 2.05) is 25.1 Å². The molecule has 0 aliphatic heterocycles. The van der Waals surface area contributed by atoms with Crippen molar-refractivity contribution in [3.05, 3.63) is 82.3 Å². The molecule has 0 saturated carbocycles. The molecule has 2 aromatic heterocycles. The van der Waals surface area contributed by atoms with Crippen LogP contribution in [0.15, 0.2) is 60.9 Å². The van der Waals surface area contributed by atoms with Crippen LogP contribution in [-0.4, -0.2) is 32.5 Å². The van der Waals surface area contributed by atoms with Crippen LogP contribution in [0.3, 0.4) is 0 Å². The SMILES string of the molecule is CCOC(=O)c1ccccc1Nc1ncnc(Oc2cccc3ccc(C)nc23)c1[N+](=O)[O-]. The van der Waals surface area contributed by atoms with Gasteiger partial charge in [0.05, 0.1) is 22.8 Å². The summed E-state index contributed by atoms with van der Waals surface area (Å²) in [4.78, 5) is 36.1. The van der Waals surface area contributed by atoms with E-state index in [0.29, 0.717) is 17.0 Å². The Kier molecular flexibility index (Phi) is 6.07. The van der Waals surface area contributed by atoms with Gasteiger partial charge in [0.1, 0.15) is 11.8 Å². The fourth-order valence-electron chi connectivity index (χ4n) is 3.20. The third kappa shape index (κ3) is 4.54. The Morgan fingerprint density at radius 2 is 1.91 bits per heavy atom. The summed E-state index contributed by atoms with van der Waals surface area (Å²) in [5.41, 5.74) is 1.34. The number of carbonyl (C=O) groups is 1. The molecule has 10 heteroatoms. The minimum absolute atomic E-state index is 0.133. The van der Waals surface area contributed by atoms with E-state index in [2.05, 4.69) is 20.3 Å². The van der Waals surface area contributed by atoms with Gasteiger partial charge in [0, 0.05) is 11.1 Å². The predicted octanol–water partition coefficient (Wildman–Crippen LogP) is 4.95. The number of hydrogen-bond acceptors (Lipinski definition) is 9. The van der Waals surface area contributed by atoms with Crippen molar-refractivity contribution in [2.45, 2.75) is 13.8 Å². The minimum Gasteiger partial charge on any atom is -0.462 e. The summed E-state index contributed by atoms with van der Waals surface area (Å²) in [6, 6.07) is 15.5. The number of rotatable bonds is 7. The first-order chi connectivity index (χ1) is 16.0. The van der Waals surface area contributed by atoms with Gasteiger partial charge >= 0.3 is 17.5 Å². The Labute approximate surface area is 188 Å². The number of nitrogens with one attached hydrogen (secondary N) is 1. The molecule has 0 unspecified atom stereocenters. The third-order valence-electron chi connectivity index (χ3n) is 4.68. The Bertz CT molecular complexity index is 1360. The zero-order chi connectivity index (χ0) is 23.4. The van der Waals surface area contributed by atoms with Gasteiger partial charge < -0.3 is 14.8 Å². The molecular formula is C23H19N5O5. The van der Waals surface area contributed by atoms with E-state index in [1.165, 1.54) is 0 Å². The number of ether oxygens (including phenoxy) is 2. The second-order valence-corrected chi connectivity index (χ2v) is 6.91. The summed E-state index contributed by atoms with van der Waals surface area (Å²) in [7, 11) is 0. The molecule has 0 aliphatic carbocycles. The van der Waals surface area contributed by atoms with E-state index >= 15 is 0 Å². The number of fused-ring (bicyclic) bond motifs is 1. The number of para-hydroxylation sites is 2. The van der Waals surface area contributed by atoms with Crippen LogP contribution in [0, 0.1) is 17.0 Å². The molecule has 4 rings (SSSR count). The number of carbonyl (C=O) groups excluding carboxylic acids is 1. The number of pyridine rings is 1. The highest BCUT2D eigenvalue weighted by Crippen LogP contribution is 2.37. The summed E-state index contributed by atoms with van der Waals surface area (Å²) in [6.07, 6.45) is 1.14. The van der Waals surface area contributed by atoms with Crippen molar-refractivity contribution in [3.8, 4) is 11.6 Å². The molecule has 0 aliphatic rings. The summed E-state index contributed by atoms with van der Waals surface area (Å²) in [5, 5.41) is 15.6. The Balaban J connectivity index is 1.75. The first-order valence-electron chi connectivity index (χ1n) is 10.0. The lowest BCUT2D eigenvalue weighted by Gasteiger charge is -2.12. The lowest BCUT2D eigenvalue weighted by atomic mass is 10.2. The molecular weight excluding hydrogens is 426 g/mol. The Morgan fingerprint density at radius 3 is 2.70 bits per heavy atom. The van der Waals surface area contributed by atoms with Crippen molar-refractivity contribution >= 4 is 34.1 Å². The number of nitrogens with zero attached hydrogens (tertiary/aromatic N) is 4. The number of aromatic nitrogens is 3. The lowest BCUT2D eigenvalue weighted by molar-refractivity contribution is -0.385. The van der Waals surface area contributed by atoms with E-state index in [4.69, 9.17) is 9.47 Å². The van der Waals surface area contributed by atoms with Crippen molar-refractivity contribution in [2.24, 2.45) is 0 Å². The number of aryl methyl sites for hydroxylation is 1. The minimum atomic E-state index is -0.644. The fourth-order valence-corrected chi connectivity index (χ4v) is 3.20. The van der Waals surface area contributed by atoms with Crippen LogP contribution in [0.25, 0.3) is 10.9 Å². The van der Waals surface area contributed by atoms with Gasteiger partial charge in [-0.1, -0.05) is 30.3 Å². The normalized spacial score (nSPS) is 10.6. The van der Waals surface area contributed by atoms with Crippen molar-refractivity contribution in [1.29, 1.82) is 0 Å². The summed E-state index contributed by atoms with van der Waals surface area (Å²) in [6.45, 7) is 3.72. The van der Waals surface area contributed by atoms with Gasteiger partial charge in [-0.25, -0.2) is 14.8 Å². The van der Waals surface area contributed by atoms with Gasteiger partial charge in [-0.2, -0.15) is 4.98 Å². The number of hydrogen-bond donors (Lipinski definition) is 1. The molecule has 0 atom stereocenters. The maximum atomic E-state index is 12.3. The molecule has 0 saturated heterocycles. The molecule has 2 aromatic carbocycles. The predicted molar refractivity (Wildman–Crippen MR) is 121 cm³/mol. The van der Waals surface area contributed by atoms with Crippen LogP contribution in [-0.2, 0) is 4.74 Å². The van der Waals surface area contributed by atoms with E-state index in [0.717, 1.165) is 17.4 Å². The average molecular weight is 445 g/mol. The van der Waals surface area contributed by atoms with Crippen LogP contribution >= 0.6 is 0 Å². The van der Waals surface area contributed by atoms with Gasteiger partial charge in [-0.05, 0) is 38.1 Å². The molecule has 33 heavy (non-hydrogen) atoms. The monoisotopic (exact) mass is 445 g/mol. The van der Waals surface area contributed by atoms with Crippen molar-refractivity contribution in [1.82, 2.24) is 15.0 Å². The summed E-state index contributed by atoms with van der Waals surface area (Å²) >= 11 is 0. The van der Waals surface area contributed by atoms with E-state index in [1.54, 1.807) is 43.3 Å². The van der Waals surface area contributed by atoms with E-state index in [-0.39, 0.29) is 23.9 Å². The Morgan fingerprint density at radius 1 is 1.09 bits per heavy atom. The smallest absolute Gasteiger partial charge is 0.373 e. The van der Waals surface area contributed by atoms with Crippen LogP contribution < -0.4 is 10.1 Å². The van der Waals surface area contributed by atoms with E-state index in [9.17, 15) is 14.9 Å². The second-order valence-electron chi connectivity index (χ2n) is 6.91. The van der Waals surface area contributed by atoms with Crippen molar-refractivity contribution in [2.75, 3.05) is 11.9 Å². The molecule has 4 aromatic rings. The quantitative estimate of drug-likeness (QED) is 0.238. The molecule has 0 amide bonds. The van der Waals surface area contributed by atoms with Crippen molar-refractivity contribution < 1.29 is 19.2 Å². The van der Waals surface area contributed by atoms with Gasteiger partial charge in [0.2, 0.25) is 5.82 Å². The summed E-state index contributed by atoms with van der Waals surface area (Å²) in [5.74, 6) is -0.644. The molecule has 2 heterocycles. The van der Waals surface area contributed by atoms with Crippen LogP contribution in [0.4, 0.5) is 17.2 Å². The Hall–Kier alpha value is -4.60. The van der Waals surface area contributed by atoms with Gasteiger partial charge in [0.25, 0.3) is 0 Å². The molecule has 0 radical (unpaired) electrons. The highest BCUT2D eigenvalue weighted by molar-refractivity contribution is 5.96. The number of nitro groups is 1. The highest BCUT2D eigenvalue weighted by Gasteiger charge is 2.27.